The Morgan fingerprint density at radius 3 is 2.31 bits per heavy atom. The van der Waals surface area contributed by atoms with Gasteiger partial charge in [-0.05, 0) is 62.7 Å². The second-order valence-corrected chi connectivity index (χ2v) is 9.35. The van der Waals surface area contributed by atoms with Gasteiger partial charge in [-0.3, -0.25) is 14.6 Å². The van der Waals surface area contributed by atoms with Crippen molar-refractivity contribution in [3.63, 3.8) is 0 Å². The van der Waals surface area contributed by atoms with Gasteiger partial charge in [-0.2, -0.15) is 0 Å². The third-order valence-electron chi connectivity index (χ3n) is 6.98. The van der Waals surface area contributed by atoms with Gasteiger partial charge in [-0.15, -0.1) is 24.8 Å². The summed E-state index contributed by atoms with van der Waals surface area (Å²) >= 11 is 0. The number of likely N-dealkylation sites (tertiary alicyclic amines) is 2. The van der Waals surface area contributed by atoms with Crippen molar-refractivity contribution < 1.29 is 9.53 Å². The number of amides is 1. The van der Waals surface area contributed by atoms with E-state index in [4.69, 9.17) is 10.5 Å². The molecule has 3 N–H and O–H groups in total. The fraction of sp³-hybridized carbons (Fsp3) is 0.708. The SMILES string of the molecule is Cl.Cl.N[C@H]1CC[C@@H](C(=O)NCc2ccc(CN3CCCC3)cc2)CN(C2CCOCC2)C1. The van der Waals surface area contributed by atoms with Crippen LogP contribution in [0.25, 0.3) is 0 Å². The summed E-state index contributed by atoms with van der Waals surface area (Å²) in [5, 5.41) is 3.19. The fourth-order valence-corrected chi connectivity index (χ4v) is 5.11. The molecule has 182 valence electrons. The first-order chi connectivity index (χ1) is 14.7. The zero-order valence-electron chi connectivity index (χ0n) is 19.0. The lowest BCUT2D eigenvalue weighted by atomic mass is 10.00. The zero-order valence-corrected chi connectivity index (χ0v) is 20.7. The molecular formula is C24H40Cl2N4O2. The maximum absolute atomic E-state index is 12.9. The Bertz CT molecular complexity index is 679. The summed E-state index contributed by atoms with van der Waals surface area (Å²) in [6.45, 7) is 7.43. The summed E-state index contributed by atoms with van der Waals surface area (Å²) < 4.78 is 5.52. The number of hydrogen-bond acceptors (Lipinski definition) is 5. The van der Waals surface area contributed by atoms with E-state index in [1.54, 1.807) is 0 Å². The normalized spacial score (nSPS) is 25.4. The highest BCUT2D eigenvalue weighted by Gasteiger charge is 2.31. The summed E-state index contributed by atoms with van der Waals surface area (Å²) in [6, 6.07) is 9.39. The van der Waals surface area contributed by atoms with Crippen molar-refractivity contribution in [1.29, 1.82) is 0 Å². The lowest BCUT2D eigenvalue weighted by Crippen LogP contribution is -2.47. The Morgan fingerprint density at radius 1 is 0.969 bits per heavy atom. The molecule has 1 amide bonds. The average molecular weight is 488 g/mol. The number of nitrogens with zero attached hydrogens (tertiary/aromatic N) is 2. The second kappa shape index (κ2) is 13.7. The van der Waals surface area contributed by atoms with E-state index in [0.717, 1.165) is 58.5 Å². The van der Waals surface area contributed by atoms with E-state index in [-0.39, 0.29) is 42.7 Å². The Morgan fingerprint density at radius 2 is 1.62 bits per heavy atom. The number of ether oxygens (including phenoxy) is 1. The number of nitrogens with two attached hydrogens (primary N) is 1. The third-order valence-corrected chi connectivity index (χ3v) is 6.98. The summed E-state index contributed by atoms with van der Waals surface area (Å²) in [5.41, 5.74) is 8.85. The lowest BCUT2D eigenvalue weighted by molar-refractivity contribution is -0.126. The van der Waals surface area contributed by atoms with Crippen LogP contribution in [0.2, 0.25) is 0 Å². The van der Waals surface area contributed by atoms with E-state index in [9.17, 15) is 4.79 Å². The Labute approximate surface area is 205 Å². The van der Waals surface area contributed by atoms with Crippen molar-refractivity contribution in [1.82, 2.24) is 15.1 Å². The highest BCUT2D eigenvalue weighted by molar-refractivity contribution is 5.85. The summed E-state index contributed by atoms with van der Waals surface area (Å²) in [4.78, 5) is 17.9. The van der Waals surface area contributed by atoms with Crippen LogP contribution in [0.1, 0.15) is 49.7 Å². The van der Waals surface area contributed by atoms with Gasteiger partial charge in [-0.25, -0.2) is 0 Å². The van der Waals surface area contributed by atoms with Crippen molar-refractivity contribution in [3.05, 3.63) is 35.4 Å². The molecule has 0 unspecified atom stereocenters. The zero-order chi connectivity index (χ0) is 20.8. The standard InChI is InChI=1S/C24H38N4O2.2ClH/c25-22-8-7-21(17-28(18-22)23-9-13-30-14-10-23)24(29)26-15-19-3-5-20(6-4-19)16-27-11-1-2-12-27;;/h3-6,21-23H,1-2,7-18,25H2,(H,26,29);2*1H/t21-,22+;;/m1../s1. The van der Waals surface area contributed by atoms with Crippen molar-refractivity contribution in [3.8, 4) is 0 Å². The smallest absolute Gasteiger partial charge is 0.224 e. The highest BCUT2D eigenvalue weighted by atomic mass is 35.5. The topological polar surface area (TPSA) is 70.8 Å². The van der Waals surface area contributed by atoms with Gasteiger partial charge in [0.05, 0.1) is 5.92 Å². The molecule has 8 heteroatoms. The number of hydrogen-bond donors (Lipinski definition) is 2. The molecule has 2 atom stereocenters. The minimum absolute atomic E-state index is 0. The molecule has 3 heterocycles. The number of benzene rings is 1. The predicted molar refractivity (Wildman–Crippen MR) is 133 cm³/mol. The van der Waals surface area contributed by atoms with E-state index in [1.165, 1.54) is 37.1 Å². The van der Waals surface area contributed by atoms with E-state index in [2.05, 4.69) is 39.4 Å². The number of nitrogens with one attached hydrogen (secondary N) is 1. The predicted octanol–water partition coefficient (Wildman–Crippen LogP) is 2.96. The largest absolute Gasteiger partial charge is 0.381 e. The van der Waals surface area contributed by atoms with Crippen LogP contribution in [0, 0.1) is 5.92 Å². The second-order valence-electron chi connectivity index (χ2n) is 9.35. The molecule has 3 aliphatic rings. The molecule has 1 aromatic carbocycles. The molecule has 6 nitrogen and oxygen atoms in total. The molecule has 1 aromatic rings. The van der Waals surface area contributed by atoms with Crippen LogP contribution >= 0.6 is 24.8 Å². The molecule has 0 bridgehead atoms. The third kappa shape index (κ3) is 7.86. The van der Waals surface area contributed by atoms with Crippen LogP contribution in [0.15, 0.2) is 24.3 Å². The molecule has 0 radical (unpaired) electrons. The maximum atomic E-state index is 12.9. The summed E-state index contributed by atoms with van der Waals surface area (Å²) in [6.07, 6.45) is 6.53. The molecule has 32 heavy (non-hydrogen) atoms. The molecule has 0 aromatic heterocycles. The van der Waals surface area contributed by atoms with E-state index in [1.807, 2.05) is 0 Å². The minimum Gasteiger partial charge on any atom is -0.381 e. The van der Waals surface area contributed by atoms with Crippen molar-refractivity contribution in [2.24, 2.45) is 11.7 Å². The van der Waals surface area contributed by atoms with Gasteiger partial charge in [0.1, 0.15) is 0 Å². The van der Waals surface area contributed by atoms with Gasteiger partial charge < -0.3 is 15.8 Å². The molecule has 0 spiro atoms. The average Bonchev–Trinajstić information content (AvgIpc) is 3.20. The van der Waals surface area contributed by atoms with Crippen LogP contribution < -0.4 is 11.1 Å². The van der Waals surface area contributed by atoms with Gasteiger partial charge in [0.2, 0.25) is 5.91 Å². The van der Waals surface area contributed by atoms with Gasteiger partial charge in [0.25, 0.3) is 0 Å². The Hall–Kier alpha value is -0.890. The first kappa shape index (κ1) is 27.4. The summed E-state index contributed by atoms with van der Waals surface area (Å²) in [7, 11) is 0. The first-order valence-corrected chi connectivity index (χ1v) is 11.8. The maximum Gasteiger partial charge on any atom is 0.224 e. The van der Waals surface area contributed by atoms with Crippen LogP contribution in [-0.4, -0.2) is 67.2 Å². The van der Waals surface area contributed by atoms with Gasteiger partial charge in [0.15, 0.2) is 0 Å². The quantitative estimate of drug-likeness (QED) is 0.646. The van der Waals surface area contributed by atoms with Gasteiger partial charge >= 0.3 is 0 Å². The molecule has 3 saturated heterocycles. The molecule has 0 saturated carbocycles. The molecule has 0 aliphatic carbocycles. The Balaban J connectivity index is 0.00000181. The number of halogens is 2. The number of carbonyl (C=O) groups is 1. The molecule has 3 fully saturated rings. The number of carbonyl (C=O) groups excluding carboxylic acids is 1. The van der Waals surface area contributed by atoms with Gasteiger partial charge in [-0.1, -0.05) is 24.3 Å². The van der Waals surface area contributed by atoms with Crippen LogP contribution in [-0.2, 0) is 22.6 Å². The molecule has 4 rings (SSSR count). The minimum atomic E-state index is 0. The van der Waals surface area contributed by atoms with Crippen LogP contribution in [0.5, 0.6) is 0 Å². The molecular weight excluding hydrogens is 447 g/mol. The summed E-state index contributed by atoms with van der Waals surface area (Å²) in [5.74, 6) is 0.193. The molecule has 3 aliphatic heterocycles. The van der Waals surface area contributed by atoms with Crippen molar-refractivity contribution in [2.75, 3.05) is 39.4 Å². The van der Waals surface area contributed by atoms with Crippen molar-refractivity contribution in [2.45, 2.75) is 63.7 Å². The number of rotatable bonds is 6. The van der Waals surface area contributed by atoms with Crippen molar-refractivity contribution >= 4 is 30.7 Å². The van der Waals surface area contributed by atoms with Crippen LogP contribution in [0.3, 0.4) is 0 Å². The van der Waals surface area contributed by atoms with E-state index >= 15 is 0 Å². The lowest BCUT2D eigenvalue weighted by Gasteiger charge is -2.35. The highest BCUT2D eigenvalue weighted by Crippen LogP contribution is 2.23. The Kier molecular flexibility index (Phi) is 11.7. The monoisotopic (exact) mass is 486 g/mol. The first-order valence-electron chi connectivity index (χ1n) is 11.8. The fourth-order valence-electron chi connectivity index (χ4n) is 5.11. The van der Waals surface area contributed by atoms with E-state index in [0.29, 0.717) is 12.6 Å². The van der Waals surface area contributed by atoms with E-state index < -0.39 is 0 Å². The van der Waals surface area contributed by atoms with Gasteiger partial charge in [0, 0.05) is 51.5 Å². The van der Waals surface area contributed by atoms with Crippen LogP contribution in [0.4, 0.5) is 0 Å².